The lowest BCUT2D eigenvalue weighted by Crippen LogP contribution is -2.51. The van der Waals surface area contributed by atoms with Gasteiger partial charge in [-0.2, -0.15) is 0 Å². The Morgan fingerprint density at radius 1 is 1.05 bits per heavy atom. The molecule has 1 heterocycles. The minimum atomic E-state index is -0.845. The van der Waals surface area contributed by atoms with Crippen LogP contribution in [0.15, 0.2) is 23.8 Å². The highest BCUT2D eigenvalue weighted by Crippen LogP contribution is 2.26. The SMILES string of the molecule is O=C1NC(=S)NC(=O)C1=Cc1ccc([N+](=O)[O-])cc1[N+](=O)[O-]. The van der Waals surface area contributed by atoms with Gasteiger partial charge in [0.15, 0.2) is 5.11 Å². The van der Waals surface area contributed by atoms with Gasteiger partial charge in [-0.3, -0.25) is 40.5 Å². The molecule has 1 saturated heterocycles. The van der Waals surface area contributed by atoms with Gasteiger partial charge in [0, 0.05) is 6.07 Å². The summed E-state index contributed by atoms with van der Waals surface area (Å²) in [5.41, 5.74) is -1.60. The van der Waals surface area contributed by atoms with Crippen molar-refractivity contribution in [2.75, 3.05) is 0 Å². The molecular formula is C11H6N4O6S. The fraction of sp³-hybridized carbons (Fsp3) is 0. The Morgan fingerprint density at radius 2 is 1.64 bits per heavy atom. The van der Waals surface area contributed by atoms with Gasteiger partial charge in [-0.1, -0.05) is 0 Å². The third-order valence-electron chi connectivity index (χ3n) is 2.66. The van der Waals surface area contributed by atoms with Gasteiger partial charge < -0.3 is 0 Å². The van der Waals surface area contributed by atoms with E-state index in [0.717, 1.165) is 24.3 Å². The summed E-state index contributed by atoms with van der Waals surface area (Å²) < 4.78 is 0. The van der Waals surface area contributed by atoms with Crippen molar-refractivity contribution in [1.29, 1.82) is 0 Å². The van der Waals surface area contributed by atoms with E-state index in [1.807, 2.05) is 0 Å². The van der Waals surface area contributed by atoms with E-state index in [9.17, 15) is 29.8 Å². The summed E-state index contributed by atoms with van der Waals surface area (Å²) in [5, 5.41) is 25.8. The molecule has 112 valence electrons. The van der Waals surface area contributed by atoms with Crippen LogP contribution in [0.2, 0.25) is 0 Å². The number of benzene rings is 1. The first kappa shape index (κ1) is 15.2. The van der Waals surface area contributed by atoms with Crippen molar-refractivity contribution in [3.8, 4) is 0 Å². The Balaban J connectivity index is 2.53. The van der Waals surface area contributed by atoms with Gasteiger partial charge >= 0.3 is 0 Å². The van der Waals surface area contributed by atoms with E-state index in [2.05, 4.69) is 22.9 Å². The molecule has 0 saturated carbocycles. The molecule has 1 aliphatic heterocycles. The number of nitro groups is 2. The number of rotatable bonds is 3. The van der Waals surface area contributed by atoms with Crippen molar-refractivity contribution in [1.82, 2.24) is 10.6 Å². The summed E-state index contributed by atoms with van der Waals surface area (Å²) in [7, 11) is 0. The van der Waals surface area contributed by atoms with Crippen LogP contribution in [0.5, 0.6) is 0 Å². The molecular weight excluding hydrogens is 316 g/mol. The summed E-state index contributed by atoms with van der Waals surface area (Å²) in [5.74, 6) is -1.64. The highest BCUT2D eigenvalue weighted by atomic mass is 32.1. The number of nitrogens with zero attached hydrogens (tertiary/aromatic N) is 2. The van der Waals surface area contributed by atoms with Crippen LogP contribution in [0.3, 0.4) is 0 Å². The Labute approximate surface area is 127 Å². The average Bonchev–Trinajstić information content (AvgIpc) is 2.42. The first-order valence-corrected chi connectivity index (χ1v) is 6.01. The van der Waals surface area contributed by atoms with Crippen molar-refractivity contribution >= 4 is 46.6 Å². The van der Waals surface area contributed by atoms with Crippen LogP contribution in [0.1, 0.15) is 5.56 Å². The predicted molar refractivity (Wildman–Crippen MR) is 76.6 cm³/mol. The lowest BCUT2D eigenvalue weighted by Gasteiger charge is -2.16. The van der Waals surface area contributed by atoms with E-state index < -0.39 is 38.6 Å². The van der Waals surface area contributed by atoms with Gasteiger partial charge in [-0.05, 0) is 24.4 Å². The van der Waals surface area contributed by atoms with Crippen LogP contribution in [-0.4, -0.2) is 26.8 Å². The molecule has 0 bridgehead atoms. The maximum Gasteiger partial charge on any atom is 0.283 e. The van der Waals surface area contributed by atoms with E-state index in [1.54, 1.807) is 0 Å². The number of thiocarbonyl (C=S) groups is 1. The maximum atomic E-state index is 11.7. The number of carbonyl (C=O) groups excluding carboxylic acids is 2. The Bertz CT molecular complexity index is 750. The molecule has 11 heteroatoms. The normalized spacial score (nSPS) is 14.2. The zero-order chi connectivity index (χ0) is 16.4. The van der Waals surface area contributed by atoms with E-state index in [-0.39, 0.29) is 10.7 Å². The molecule has 10 nitrogen and oxygen atoms in total. The molecule has 0 radical (unpaired) electrons. The average molecular weight is 322 g/mol. The second kappa shape index (κ2) is 5.65. The monoisotopic (exact) mass is 322 g/mol. The van der Waals surface area contributed by atoms with Crippen LogP contribution in [-0.2, 0) is 9.59 Å². The second-order valence-corrected chi connectivity index (χ2v) is 4.46. The van der Waals surface area contributed by atoms with Gasteiger partial charge in [-0.25, -0.2) is 0 Å². The number of carbonyl (C=O) groups is 2. The first-order valence-electron chi connectivity index (χ1n) is 5.61. The Hall–Kier alpha value is -3.21. The number of hydrogen-bond donors (Lipinski definition) is 2. The zero-order valence-corrected chi connectivity index (χ0v) is 11.4. The van der Waals surface area contributed by atoms with Gasteiger partial charge in [0.2, 0.25) is 0 Å². The third kappa shape index (κ3) is 2.93. The van der Waals surface area contributed by atoms with Crippen molar-refractivity contribution in [3.63, 3.8) is 0 Å². The van der Waals surface area contributed by atoms with Crippen molar-refractivity contribution < 1.29 is 19.4 Å². The van der Waals surface area contributed by atoms with Crippen LogP contribution in [0.4, 0.5) is 11.4 Å². The summed E-state index contributed by atoms with van der Waals surface area (Å²) in [6.45, 7) is 0. The summed E-state index contributed by atoms with van der Waals surface area (Å²) in [4.78, 5) is 43.3. The molecule has 0 aliphatic carbocycles. The molecule has 22 heavy (non-hydrogen) atoms. The van der Waals surface area contributed by atoms with Crippen molar-refractivity contribution in [2.45, 2.75) is 0 Å². The largest absolute Gasteiger partial charge is 0.299 e. The van der Waals surface area contributed by atoms with Gasteiger partial charge in [-0.15, -0.1) is 0 Å². The molecule has 0 spiro atoms. The molecule has 1 aliphatic rings. The van der Waals surface area contributed by atoms with Gasteiger partial charge in [0.25, 0.3) is 23.2 Å². The van der Waals surface area contributed by atoms with Crippen LogP contribution in [0.25, 0.3) is 6.08 Å². The number of nitrogens with one attached hydrogen (secondary N) is 2. The quantitative estimate of drug-likeness (QED) is 0.269. The number of hydrogen-bond acceptors (Lipinski definition) is 7. The molecule has 2 amide bonds. The van der Waals surface area contributed by atoms with Crippen LogP contribution < -0.4 is 10.6 Å². The minimum absolute atomic E-state index is 0.122. The van der Waals surface area contributed by atoms with E-state index >= 15 is 0 Å². The smallest absolute Gasteiger partial charge is 0.283 e. The summed E-state index contributed by atoms with van der Waals surface area (Å²) in [6, 6.07) is 2.86. The molecule has 1 aromatic carbocycles. The fourth-order valence-electron chi connectivity index (χ4n) is 1.69. The fourth-order valence-corrected chi connectivity index (χ4v) is 1.87. The standard InChI is InChI=1S/C11H6N4O6S/c16-9-7(10(17)13-11(22)12-9)3-5-1-2-6(14(18)19)4-8(5)15(20)21/h1-4H,(H2,12,13,16,17,22). The molecule has 1 fully saturated rings. The number of amides is 2. The predicted octanol–water partition coefficient (Wildman–Crippen LogP) is 0.417. The zero-order valence-electron chi connectivity index (χ0n) is 10.6. The molecule has 0 unspecified atom stereocenters. The summed E-state index contributed by atoms with van der Waals surface area (Å²) in [6.07, 6.45) is 0.967. The van der Waals surface area contributed by atoms with Crippen LogP contribution in [0, 0.1) is 20.2 Å². The minimum Gasteiger partial charge on any atom is -0.299 e. The summed E-state index contributed by atoms with van der Waals surface area (Å²) >= 11 is 4.62. The maximum absolute atomic E-state index is 11.7. The van der Waals surface area contributed by atoms with Crippen molar-refractivity contribution in [2.24, 2.45) is 0 Å². The third-order valence-corrected chi connectivity index (χ3v) is 2.87. The molecule has 0 atom stereocenters. The molecule has 0 aromatic heterocycles. The first-order chi connectivity index (χ1) is 10.3. The van der Waals surface area contributed by atoms with E-state index in [0.29, 0.717) is 0 Å². The molecule has 2 N–H and O–H groups in total. The van der Waals surface area contributed by atoms with Crippen molar-refractivity contribution in [3.05, 3.63) is 49.6 Å². The Morgan fingerprint density at radius 3 is 2.14 bits per heavy atom. The van der Waals surface area contributed by atoms with E-state index in [1.165, 1.54) is 0 Å². The number of nitro benzene ring substituents is 2. The topological polar surface area (TPSA) is 144 Å². The Kier molecular flexibility index (Phi) is 3.90. The van der Waals surface area contributed by atoms with E-state index in [4.69, 9.17) is 0 Å². The molecule has 2 rings (SSSR count). The number of non-ortho nitro benzene ring substituents is 1. The highest BCUT2D eigenvalue weighted by molar-refractivity contribution is 7.80. The lowest BCUT2D eigenvalue weighted by atomic mass is 10.1. The van der Waals surface area contributed by atoms with Crippen LogP contribution >= 0.6 is 12.2 Å². The second-order valence-electron chi connectivity index (χ2n) is 4.05. The lowest BCUT2D eigenvalue weighted by molar-refractivity contribution is -0.394. The van der Waals surface area contributed by atoms with Gasteiger partial charge in [0.1, 0.15) is 5.57 Å². The highest BCUT2D eigenvalue weighted by Gasteiger charge is 2.27. The van der Waals surface area contributed by atoms with Gasteiger partial charge in [0.05, 0.1) is 21.5 Å². The molecule has 1 aromatic rings.